The molecule has 0 saturated heterocycles. The van der Waals surface area contributed by atoms with Gasteiger partial charge in [0.25, 0.3) is 0 Å². The van der Waals surface area contributed by atoms with Gasteiger partial charge in [0, 0.05) is 0 Å². The second kappa shape index (κ2) is 8.85. The molecule has 0 unspecified atom stereocenters. The molecule has 0 N–H and O–H groups in total. The van der Waals surface area contributed by atoms with E-state index in [9.17, 15) is 16.8 Å². The van der Waals surface area contributed by atoms with E-state index in [2.05, 4.69) is 6.58 Å². The molecule has 0 aromatic heterocycles. The van der Waals surface area contributed by atoms with Gasteiger partial charge in [0.05, 0.1) is 14.7 Å². The standard InChI is InChI=1S/C23H22O5S2/c1-3-15-28-21-16-18(4-2)22(29(24,25)19-11-7-5-8-12-19)17-23(21)30(26,27)20-13-9-6-10-14-20/h3,5-14,16-17H,1,4,15H2,2H3. The Kier molecular flexibility index (Phi) is 6.43. The largest absolute Gasteiger partial charge is 0.488 e. The first-order valence-corrected chi connectivity index (χ1v) is 12.3. The Morgan fingerprint density at radius 2 is 1.30 bits per heavy atom. The predicted molar refractivity (Wildman–Crippen MR) is 115 cm³/mol. The lowest BCUT2D eigenvalue weighted by Gasteiger charge is -2.17. The number of sulfone groups is 2. The Labute approximate surface area is 177 Å². The van der Waals surface area contributed by atoms with E-state index in [-0.39, 0.29) is 31.9 Å². The van der Waals surface area contributed by atoms with Gasteiger partial charge < -0.3 is 4.74 Å². The van der Waals surface area contributed by atoms with Gasteiger partial charge >= 0.3 is 0 Å². The smallest absolute Gasteiger partial charge is 0.210 e. The number of hydrogen-bond acceptors (Lipinski definition) is 5. The summed E-state index contributed by atoms with van der Waals surface area (Å²) in [5, 5.41) is 0. The molecule has 3 aromatic rings. The zero-order valence-corrected chi connectivity index (χ0v) is 18.1. The van der Waals surface area contributed by atoms with Crippen LogP contribution in [0.25, 0.3) is 0 Å². The lowest BCUT2D eigenvalue weighted by atomic mass is 10.1. The molecule has 0 aliphatic heterocycles. The number of hydrogen-bond donors (Lipinski definition) is 0. The summed E-state index contributed by atoms with van der Waals surface area (Å²) in [6.07, 6.45) is 1.89. The van der Waals surface area contributed by atoms with Crippen LogP contribution in [0.2, 0.25) is 0 Å². The van der Waals surface area contributed by atoms with E-state index in [4.69, 9.17) is 4.74 Å². The van der Waals surface area contributed by atoms with Crippen LogP contribution in [0, 0.1) is 0 Å². The predicted octanol–water partition coefficient (Wildman–Crippen LogP) is 4.48. The third-order valence-electron chi connectivity index (χ3n) is 4.55. The molecular formula is C23H22O5S2. The van der Waals surface area contributed by atoms with Crippen LogP contribution in [-0.2, 0) is 26.1 Å². The minimum atomic E-state index is -4.01. The van der Waals surface area contributed by atoms with E-state index in [0.29, 0.717) is 12.0 Å². The fourth-order valence-corrected chi connectivity index (χ4v) is 6.13. The van der Waals surface area contributed by atoms with Crippen molar-refractivity contribution in [3.63, 3.8) is 0 Å². The third kappa shape index (κ3) is 4.17. The molecule has 30 heavy (non-hydrogen) atoms. The van der Waals surface area contributed by atoms with Crippen molar-refractivity contribution in [2.75, 3.05) is 6.61 Å². The Bertz CT molecular complexity index is 1250. The molecule has 0 atom stereocenters. The SMILES string of the molecule is C=CCOc1cc(CC)c(S(=O)(=O)c2ccccc2)cc1S(=O)(=O)c1ccccc1. The molecule has 0 radical (unpaired) electrons. The molecule has 0 amide bonds. The highest BCUT2D eigenvalue weighted by atomic mass is 32.2. The van der Waals surface area contributed by atoms with Crippen LogP contribution >= 0.6 is 0 Å². The van der Waals surface area contributed by atoms with Gasteiger partial charge in [0.2, 0.25) is 19.7 Å². The average molecular weight is 443 g/mol. The van der Waals surface area contributed by atoms with Crippen molar-refractivity contribution < 1.29 is 21.6 Å². The zero-order valence-electron chi connectivity index (χ0n) is 16.5. The minimum Gasteiger partial charge on any atom is -0.488 e. The molecule has 3 rings (SSSR count). The molecule has 156 valence electrons. The molecule has 5 nitrogen and oxygen atoms in total. The second-order valence-electron chi connectivity index (χ2n) is 6.49. The average Bonchev–Trinajstić information content (AvgIpc) is 2.78. The zero-order chi connectivity index (χ0) is 21.8. The highest BCUT2D eigenvalue weighted by molar-refractivity contribution is 7.92. The van der Waals surface area contributed by atoms with Crippen molar-refractivity contribution in [2.24, 2.45) is 0 Å². The fraction of sp³-hybridized carbons (Fsp3) is 0.130. The molecule has 0 heterocycles. The summed E-state index contributed by atoms with van der Waals surface area (Å²) in [5.41, 5.74) is 0.477. The third-order valence-corrected chi connectivity index (χ3v) is 8.19. The Morgan fingerprint density at radius 3 is 1.77 bits per heavy atom. The summed E-state index contributed by atoms with van der Waals surface area (Å²) in [4.78, 5) is -0.0813. The van der Waals surface area contributed by atoms with Crippen LogP contribution in [0.4, 0.5) is 0 Å². The molecular weight excluding hydrogens is 420 g/mol. The highest BCUT2D eigenvalue weighted by Gasteiger charge is 2.29. The Balaban J connectivity index is 2.31. The molecule has 0 saturated carbocycles. The van der Waals surface area contributed by atoms with Gasteiger partial charge in [-0.15, -0.1) is 0 Å². The first kappa shape index (κ1) is 21.8. The van der Waals surface area contributed by atoms with Gasteiger partial charge in [-0.2, -0.15) is 0 Å². The monoisotopic (exact) mass is 442 g/mol. The van der Waals surface area contributed by atoms with E-state index >= 15 is 0 Å². The fourth-order valence-electron chi connectivity index (χ4n) is 3.03. The van der Waals surface area contributed by atoms with E-state index in [0.717, 1.165) is 0 Å². The van der Waals surface area contributed by atoms with Crippen molar-refractivity contribution in [2.45, 2.75) is 32.9 Å². The lowest BCUT2D eigenvalue weighted by Crippen LogP contribution is -2.11. The van der Waals surface area contributed by atoms with Gasteiger partial charge in [0.1, 0.15) is 17.3 Å². The summed E-state index contributed by atoms with van der Waals surface area (Å²) in [6, 6.07) is 18.5. The van der Waals surface area contributed by atoms with Crippen molar-refractivity contribution in [3.05, 3.63) is 91.0 Å². The van der Waals surface area contributed by atoms with Gasteiger partial charge in [0.15, 0.2) is 0 Å². The summed E-state index contributed by atoms with van der Waals surface area (Å²) in [7, 11) is -7.94. The Hall–Kier alpha value is -2.90. The van der Waals surface area contributed by atoms with Crippen molar-refractivity contribution in [3.8, 4) is 5.75 Å². The van der Waals surface area contributed by atoms with Crippen LogP contribution in [0.15, 0.2) is 105 Å². The number of rotatable bonds is 8. The van der Waals surface area contributed by atoms with E-state index in [1.807, 2.05) is 6.92 Å². The summed E-state index contributed by atoms with van der Waals surface area (Å²) in [5.74, 6) is 0.0996. The van der Waals surface area contributed by atoms with E-state index in [1.54, 1.807) is 36.4 Å². The van der Waals surface area contributed by atoms with E-state index in [1.165, 1.54) is 42.5 Å². The molecule has 3 aromatic carbocycles. The quantitative estimate of drug-likeness (QED) is 0.481. The maximum Gasteiger partial charge on any atom is 0.210 e. The number of benzene rings is 3. The summed E-state index contributed by atoms with van der Waals surface area (Å²) < 4.78 is 58.9. The van der Waals surface area contributed by atoms with Gasteiger partial charge in [-0.25, -0.2) is 16.8 Å². The van der Waals surface area contributed by atoms with Crippen molar-refractivity contribution in [1.82, 2.24) is 0 Å². The van der Waals surface area contributed by atoms with Crippen molar-refractivity contribution >= 4 is 19.7 Å². The normalized spacial score (nSPS) is 11.8. The van der Waals surface area contributed by atoms with Crippen LogP contribution in [0.5, 0.6) is 5.75 Å². The molecule has 0 spiro atoms. The van der Waals surface area contributed by atoms with Crippen LogP contribution in [-0.4, -0.2) is 23.4 Å². The lowest BCUT2D eigenvalue weighted by molar-refractivity contribution is 0.352. The van der Waals surface area contributed by atoms with Gasteiger partial charge in [-0.05, 0) is 48.4 Å². The molecule has 0 bridgehead atoms. The van der Waals surface area contributed by atoms with Crippen molar-refractivity contribution in [1.29, 1.82) is 0 Å². The first-order valence-electron chi connectivity index (χ1n) is 9.33. The molecule has 7 heteroatoms. The minimum absolute atomic E-state index is 0.0448. The molecule has 0 fully saturated rings. The summed E-state index contributed by atoms with van der Waals surface area (Å²) >= 11 is 0. The second-order valence-corrected chi connectivity index (χ2v) is 10.3. The van der Waals surface area contributed by atoms with Gasteiger partial charge in [-0.3, -0.25) is 0 Å². The van der Waals surface area contributed by atoms with Crippen LogP contribution in [0.3, 0.4) is 0 Å². The molecule has 0 aliphatic rings. The first-order chi connectivity index (χ1) is 14.3. The Morgan fingerprint density at radius 1 is 0.800 bits per heavy atom. The number of aryl methyl sites for hydroxylation is 1. The maximum atomic E-state index is 13.3. The van der Waals surface area contributed by atoms with Crippen LogP contribution in [0.1, 0.15) is 12.5 Å². The van der Waals surface area contributed by atoms with Gasteiger partial charge in [-0.1, -0.05) is 56.0 Å². The van der Waals surface area contributed by atoms with E-state index < -0.39 is 19.7 Å². The number of ether oxygens (including phenoxy) is 1. The maximum absolute atomic E-state index is 13.3. The van der Waals surface area contributed by atoms with Crippen LogP contribution < -0.4 is 4.74 Å². The topological polar surface area (TPSA) is 77.5 Å². The summed E-state index contributed by atoms with van der Waals surface area (Å²) in [6.45, 7) is 5.49. The molecule has 0 aliphatic carbocycles. The highest BCUT2D eigenvalue weighted by Crippen LogP contribution is 2.36.